The predicted octanol–water partition coefficient (Wildman–Crippen LogP) is 11.6. The maximum Gasteiger partial charge on any atom is 0.0541 e. The summed E-state index contributed by atoms with van der Waals surface area (Å²) in [4.78, 5) is 0. The van der Waals surface area contributed by atoms with Crippen LogP contribution in [0.2, 0.25) is 0 Å². The van der Waals surface area contributed by atoms with Gasteiger partial charge in [0.2, 0.25) is 0 Å². The number of benzene rings is 5. The van der Waals surface area contributed by atoms with Crippen LogP contribution in [-0.2, 0) is 0 Å². The van der Waals surface area contributed by atoms with Gasteiger partial charge in [-0.2, -0.15) is 0 Å². The SMILES string of the molecule is C=C/C(Nc1ccccc1)=C(\C=C(/C)c1ccc2c(c1)c1ccccc1n2-c1ccc2ccccc2c1)C(=C)/C=C\C=C/C. The van der Waals surface area contributed by atoms with Crippen molar-refractivity contribution < 1.29 is 0 Å². The minimum Gasteiger partial charge on any atom is -0.355 e. The summed E-state index contributed by atoms with van der Waals surface area (Å²) in [6.07, 6.45) is 12.1. The number of hydrogen-bond donors (Lipinski definition) is 1. The standard InChI is InChI=1S/C42H36N2/c1-5-7-9-16-30(3)38(40(6-2)43-35-19-10-8-11-20-35)27-31(4)33-24-26-42-39(29-33)37-21-14-15-22-41(37)44(42)36-25-23-32-17-12-13-18-34(32)28-36/h5-29,43H,2-3H2,1,4H3/b7-5-,16-9-,31-27+,40-38-. The van der Waals surface area contributed by atoms with Gasteiger partial charge in [0.05, 0.1) is 11.0 Å². The molecule has 2 nitrogen and oxygen atoms in total. The molecule has 1 aromatic heterocycles. The third-order valence-electron chi connectivity index (χ3n) is 7.97. The molecule has 1 heterocycles. The molecule has 5 aromatic carbocycles. The van der Waals surface area contributed by atoms with Crippen molar-refractivity contribution in [2.75, 3.05) is 5.32 Å². The molecule has 6 rings (SSSR count). The molecular formula is C42H36N2. The Morgan fingerprint density at radius 3 is 2.25 bits per heavy atom. The molecule has 0 spiro atoms. The van der Waals surface area contributed by atoms with E-state index in [9.17, 15) is 0 Å². The zero-order valence-corrected chi connectivity index (χ0v) is 25.3. The molecule has 0 bridgehead atoms. The van der Waals surface area contributed by atoms with Crippen molar-refractivity contribution in [1.82, 2.24) is 4.57 Å². The summed E-state index contributed by atoms with van der Waals surface area (Å²) in [5.41, 5.74) is 9.62. The van der Waals surface area contributed by atoms with Crippen LogP contribution in [-0.4, -0.2) is 4.57 Å². The zero-order chi connectivity index (χ0) is 30.5. The molecule has 0 fully saturated rings. The van der Waals surface area contributed by atoms with Crippen LogP contribution in [0.1, 0.15) is 19.4 Å². The summed E-state index contributed by atoms with van der Waals surface area (Å²) in [6.45, 7) is 12.7. The van der Waals surface area contributed by atoms with Crippen LogP contribution in [0.4, 0.5) is 5.69 Å². The maximum atomic E-state index is 4.42. The number of nitrogens with one attached hydrogen (secondary N) is 1. The first-order valence-electron chi connectivity index (χ1n) is 15.0. The summed E-state index contributed by atoms with van der Waals surface area (Å²) < 4.78 is 2.37. The van der Waals surface area contributed by atoms with E-state index in [-0.39, 0.29) is 0 Å². The largest absolute Gasteiger partial charge is 0.355 e. The van der Waals surface area contributed by atoms with Crippen molar-refractivity contribution >= 4 is 43.8 Å². The Bertz CT molecular complexity index is 2130. The topological polar surface area (TPSA) is 17.0 Å². The smallest absolute Gasteiger partial charge is 0.0541 e. The molecule has 0 saturated heterocycles. The molecular weight excluding hydrogens is 532 g/mol. The summed E-state index contributed by atoms with van der Waals surface area (Å²) in [5.74, 6) is 0. The van der Waals surface area contributed by atoms with Gasteiger partial charge in [0.15, 0.2) is 0 Å². The average molecular weight is 569 g/mol. The first kappa shape index (κ1) is 28.5. The van der Waals surface area contributed by atoms with Crippen LogP contribution in [0.25, 0.3) is 43.8 Å². The van der Waals surface area contributed by atoms with Gasteiger partial charge in [0, 0.05) is 33.4 Å². The van der Waals surface area contributed by atoms with E-state index in [1.165, 1.54) is 32.6 Å². The number of hydrogen-bond acceptors (Lipinski definition) is 1. The molecule has 0 saturated carbocycles. The number of rotatable bonds is 9. The minimum atomic E-state index is 0.898. The molecule has 0 radical (unpaired) electrons. The highest BCUT2D eigenvalue weighted by molar-refractivity contribution is 6.10. The van der Waals surface area contributed by atoms with Gasteiger partial charge in [-0.25, -0.2) is 0 Å². The van der Waals surface area contributed by atoms with Gasteiger partial charge in [-0.3, -0.25) is 0 Å². The van der Waals surface area contributed by atoms with E-state index in [0.717, 1.165) is 39.4 Å². The van der Waals surface area contributed by atoms with Gasteiger partial charge in [0.25, 0.3) is 0 Å². The molecule has 1 N–H and O–H groups in total. The number of allylic oxidation sites excluding steroid dienone is 9. The lowest BCUT2D eigenvalue weighted by molar-refractivity contribution is 1.19. The fourth-order valence-electron chi connectivity index (χ4n) is 5.73. The molecule has 6 aromatic rings. The Labute approximate surface area is 260 Å². The number of anilines is 1. The predicted molar refractivity (Wildman–Crippen MR) is 192 cm³/mol. The normalized spacial score (nSPS) is 12.8. The lowest BCUT2D eigenvalue weighted by Crippen LogP contribution is -2.02. The fourth-order valence-corrected chi connectivity index (χ4v) is 5.73. The van der Waals surface area contributed by atoms with E-state index in [0.29, 0.717) is 0 Å². The van der Waals surface area contributed by atoms with Crippen LogP contribution < -0.4 is 5.32 Å². The van der Waals surface area contributed by atoms with Crippen molar-refractivity contribution in [3.8, 4) is 5.69 Å². The van der Waals surface area contributed by atoms with Crippen molar-refractivity contribution in [2.45, 2.75) is 13.8 Å². The van der Waals surface area contributed by atoms with Crippen LogP contribution in [0.3, 0.4) is 0 Å². The van der Waals surface area contributed by atoms with Crippen LogP contribution in [0, 0.1) is 0 Å². The second-order valence-corrected chi connectivity index (χ2v) is 10.9. The maximum absolute atomic E-state index is 4.42. The molecule has 44 heavy (non-hydrogen) atoms. The number of aromatic nitrogens is 1. The molecule has 0 amide bonds. The van der Waals surface area contributed by atoms with E-state index >= 15 is 0 Å². The Morgan fingerprint density at radius 2 is 1.45 bits per heavy atom. The van der Waals surface area contributed by atoms with Gasteiger partial charge < -0.3 is 9.88 Å². The highest BCUT2D eigenvalue weighted by Crippen LogP contribution is 2.35. The van der Waals surface area contributed by atoms with Gasteiger partial charge in [-0.1, -0.05) is 110 Å². The van der Waals surface area contributed by atoms with E-state index < -0.39 is 0 Å². The second kappa shape index (κ2) is 12.7. The molecule has 0 aliphatic heterocycles. The van der Waals surface area contributed by atoms with Crippen molar-refractivity contribution in [1.29, 1.82) is 0 Å². The molecule has 0 aliphatic carbocycles. The monoisotopic (exact) mass is 568 g/mol. The third-order valence-corrected chi connectivity index (χ3v) is 7.97. The quantitative estimate of drug-likeness (QED) is 0.172. The van der Waals surface area contributed by atoms with Gasteiger partial charge in [-0.15, -0.1) is 0 Å². The second-order valence-electron chi connectivity index (χ2n) is 10.9. The Hall–Kier alpha value is -5.60. The van der Waals surface area contributed by atoms with Gasteiger partial charge in [0.1, 0.15) is 0 Å². The van der Waals surface area contributed by atoms with Crippen molar-refractivity contribution in [3.05, 3.63) is 187 Å². The number of para-hydroxylation sites is 2. The zero-order valence-electron chi connectivity index (χ0n) is 25.3. The van der Waals surface area contributed by atoms with Crippen LogP contribution in [0.15, 0.2) is 182 Å². The molecule has 214 valence electrons. The highest BCUT2D eigenvalue weighted by Gasteiger charge is 2.14. The Balaban J connectivity index is 1.48. The molecule has 2 heteroatoms. The summed E-state index contributed by atoms with van der Waals surface area (Å²) in [7, 11) is 0. The lowest BCUT2D eigenvalue weighted by atomic mass is 9.97. The molecule has 0 atom stereocenters. The number of nitrogens with zero attached hydrogens (tertiary/aromatic N) is 1. The highest BCUT2D eigenvalue weighted by atomic mass is 15.0. The van der Waals surface area contributed by atoms with Gasteiger partial charge >= 0.3 is 0 Å². The first-order valence-corrected chi connectivity index (χ1v) is 15.0. The van der Waals surface area contributed by atoms with Crippen LogP contribution in [0.5, 0.6) is 0 Å². The van der Waals surface area contributed by atoms with E-state index in [1.807, 2.05) is 55.5 Å². The molecule has 0 aliphatic rings. The van der Waals surface area contributed by atoms with Gasteiger partial charge in [-0.05, 0) is 95.9 Å². The minimum absolute atomic E-state index is 0.898. The van der Waals surface area contributed by atoms with Crippen LogP contribution >= 0.6 is 0 Å². The van der Waals surface area contributed by atoms with E-state index in [1.54, 1.807) is 0 Å². The Morgan fingerprint density at radius 1 is 0.727 bits per heavy atom. The van der Waals surface area contributed by atoms with Crippen molar-refractivity contribution in [3.63, 3.8) is 0 Å². The lowest BCUT2D eigenvalue weighted by Gasteiger charge is -2.14. The number of fused-ring (bicyclic) bond motifs is 4. The Kier molecular flexibility index (Phi) is 8.25. The first-order chi connectivity index (χ1) is 21.6. The fraction of sp³-hybridized carbons (Fsp3) is 0.0476. The summed E-state index contributed by atoms with van der Waals surface area (Å²) in [5, 5.41) is 8.48. The van der Waals surface area contributed by atoms with E-state index in [2.05, 4.69) is 133 Å². The molecule has 0 unspecified atom stereocenters. The average Bonchev–Trinajstić information content (AvgIpc) is 3.40. The van der Waals surface area contributed by atoms with E-state index in [4.69, 9.17) is 0 Å². The summed E-state index contributed by atoms with van der Waals surface area (Å²) >= 11 is 0. The summed E-state index contributed by atoms with van der Waals surface area (Å²) in [6, 6.07) is 40.8. The third kappa shape index (κ3) is 5.71. The van der Waals surface area contributed by atoms with Crippen molar-refractivity contribution in [2.24, 2.45) is 0 Å².